The van der Waals surface area contributed by atoms with Crippen LogP contribution < -0.4 is 5.32 Å². The molecule has 0 aromatic heterocycles. The van der Waals surface area contributed by atoms with Gasteiger partial charge in [-0.05, 0) is 18.1 Å². The van der Waals surface area contributed by atoms with Crippen molar-refractivity contribution in [2.45, 2.75) is 17.1 Å². The van der Waals surface area contributed by atoms with Crippen molar-refractivity contribution in [1.82, 2.24) is 0 Å². The zero-order valence-corrected chi connectivity index (χ0v) is 9.83. The number of hydrogen-bond donors (Lipinski definition) is 1. The van der Waals surface area contributed by atoms with Crippen molar-refractivity contribution in [1.29, 1.82) is 0 Å². The van der Waals surface area contributed by atoms with Crippen molar-refractivity contribution >= 4 is 33.2 Å². The lowest BCUT2D eigenvalue weighted by atomic mass is 10.1. The topological polar surface area (TPSA) is 12.0 Å². The summed E-state index contributed by atoms with van der Waals surface area (Å²) in [6.45, 7) is 0.828. The molecule has 1 aromatic rings. The molecule has 14 heavy (non-hydrogen) atoms. The first kappa shape index (κ1) is 10.2. The molecule has 1 atom stereocenters. The molecule has 1 aliphatic rings. The SMILES string of the molecule is Fc1c(C[C@@H](Cl)Br)ccc2c1CCN2. The molecule has 0 spiro atoms. The zero-order valence-electron chi connectivity index (χ0n) is 7.49. The molecular formula is C10H10BrClFN. The van der Waals surface area contributed by atoms with E-state index in [2.05, 4.69) is 21.2 Å². The fourth-order valence-electron chi connectivity index (χ4n) is 1.73. The fourth-order valence-corrected chi connectivity index (χ4v) is 2.24. The average molecular weight is 279 g/mol. The molecule has 1 aromatic carbocycles. The van der Waals surface area contributed by atoms with Gasteiger partial charge in [0, 0.05) is 24.2 Å². The van der Waals surface area contributed by atoms with Crippen LogP contribution in [0.2, 0.25) is 0 Å². The molecule has 0 aliphatic carbocycles. The van der Waals surface area contributed by atoms with Crippen molar-refractivity contribution in [2.75, 3.05) is 11.9 Å². The standard InChI is InChI=1S/C10H10BrClFN/c11-9(12)5-6-1-2-8-7(10(6)13)3-4-14-8/h1-2,9,14H,3-5H2/t9-/m1/s1. The number of fused-ring (bicyclic) bond motifs is 1. The van der Waals surface area contributed by atoms with E-state index in [1.807, 2.05) is 6.07 Å². The van der Waals surface area contributed by atoms with Gasteiger partial charge in [-0.25, -0.2) is 4.39 Å². The number of hydrogen-bond acceptors (Lipinski definition) is 1. The molecule has 0 unspecified atom stereocenters. The molecule has 1 aliphatic heterocycles. The first-order chi connectivity index (χ1) is 6.68. The summed E-state index contributed by atoms with van der Waals surface area (Å²) >= 11 is 8.98. The average Bonchev–Trinajstić information content (AvgIpc) is 2.57. The Hall–Kier alpha value is -0.280. The van der Waals surface area contributed by atoms with Crippen LogP contribution in [0.5, 0.6) is 0 Å². The Morgan fingerprint density at radius 2 is 2.36 bits per heavy atom. The third-order valence-electron chi connectivity index (χ3n) is 2.39. The Kier molecular flexibility index (Phi) is 2.98. The lowest BCUT2D eigenvalue weighted by Gasteiger charge is -2.07. The molecular weight excluding hydrogens is 268 g/mol. The highest BCUT2D eigenvalue weighted by Crippen LogP contribution is 2.28. The van der Waals surface area contributed by atoms with Crippen LogP contribution in [0, 0.1) is 5.82 Å². The molecule has 0 saturated heterocycles. The summed E-state index contributed by atoms with van der Waals surface area (Å²) < 4.78 is 13.6. The molecule has 0 saturated carbocycles. The van der Waals surface area contributed by atoms with Crippen LogP contribution in [0.15, 0.2) is 12.1 Å². The van der Waals surface area contributed by atoms with Gasteiger partial charge in [-0.1, -0.05) is 22.0 Å². The summed E-state index contributed by atoms with van der Waals surface area (Å²) in [7, 11) is 0. The highest BCUT2D eigenvalue weighted by atomic mass is 79.9. The van der Waals surface area contributed by atoms with Crippen LogP contribution in [0.3, 0.4) is 0 Å². The Labute approximate surface area is 95.8 Å². The van der Waals surface area contributed by atoms with Gasteiger partial charge in [-0.2, -0.15) is 0 Å². The van der Waals surface area contributed by atoms with E-state index in [-0.39, 0.29) is 10.1 Å². The number of benzene rings is 1. The molecule has 76 valence electrons. The van der Waals surface area contributed by atoms with Gasteiger partial charge in [-0.3, -0.25) is 0 Å². The first-order valence-electron chi connectivity index (χ1n) is 4.51. The lowest BCUT2D eigenvalue weighted by Crippen LogP contribution is -2.00. The van der Waals surface area contributed by atoms with Gasteiger partial charge in [0.2, 0.25) is 0 Å². The van der Waals surface area contributed by atoms with Gasteiger partial charge in [0.15, 0.2) is 0 Å². The molecule has 1 N–H and O–H groups in total. The largest absolute Gasteiger partial charge is 0.384 e. The van der Waals surface area contributed by atoms with E-state index in [1.165, 1.54) is 0 Å². The summed E-state index contributed by atoms with van der Waals surface area (Å²) in [6.07, 6.45) is 1.28. The molecule has 0 bridgehead atoms. The van der Waals surface area contributed by atoms with Crippen LogP contribution in [0.1, 0.15) is 11.1 Å². The highest BCUT2D eigenvalue weighted by Gasteiger charge is 2.18. The van der Waals surface area contributed by atoms with E-state index in [4.69, 9.17) is 11.6 Å². The minimum absolute atomic E-state index is 0.0994. The summed E-state index contributed by atoms with van der Waals surface area (Å²) in [5.41, 5.74) is 2.41. The third kappa shape index (κ3) is 1.89. The van der Waals surface area contributed by atoms with Crippen molar-refractivity contribution in [2.24, 2.45) is 0 Å². The maximum atomic E-state index is 13.8. The number of nitrogens with one attached hydrogen (secondary N) is 1. The van der Waals surface area contributed by atoms with Crippen LogP contribution in [0.4, 0.5) is 10.1 Å². The Morgan fingerprint density at radius 3 is 3.07 bits per heavy atom. The maximum Gasteiger partial charge on any atom is 0.131 e. The number of anilines is 1. The van der Waals surface area contributed by atoms with Gasteiger partial charge in [0.1, 0.15) is 5.82 Å². The molecule has 0 fully saturated rings. The van der Waals surface area contributed by atoms with E-state index < -0.39 is 0 Å². The van der Waals surface area contributed by atoms with Crippen molar-refractivity contribution < 1.29 is 4.39 Å². The van der Waals surface area contributed by atoms with E-state index in [9.17, 15) is 4.39 Å². The van der Waals surface area contributed by atoms with E-state index >= 15 is 0 Å². The summed E-state index contributed by atoms with van der Waals surface area (Å²) in [4.78, 5) is 0. The van der Waals surface area contributed by atoms with Crippen LogP contribution in [0.25, 0.3) is 0 Å². The van der Waals surface area contributed by atoms with E-state index in [0.29, 0.717) is 12.0 Å². The van der Waals surface area contributed by atoms with E-state index in [0.717, 1.165) is 24.2 Å². The van der Waals surface area contributed by atoms with Crippen molar-refractivity contribution in [3.63, 3.8) is 0 Å². The predicted octanol–water partition coefficient (Wildman–Crippen LogP) is 3.30. The van der Waals surface area contributed by atoms with Gasteiger partial charge >= 0.3 is 0 Å². The van der Waals surface area contributed by atoms with Crippen LogP contribution in [-0.2, 0) is 12.8 Å². The molecule has 1 nitrogen and oxygen atoms in total. The zero-order chi connectivity index (χ0) is 10.1. The third-order valence-corrected chi connectivity index (χ3v) is 2.87. The van der Waals surface area contributed by atoms with Crippen LogP contribution in [-0.4, -0.2) is 10.8 Å². The molecule has 4 heteroatoms. The minimum atomic E-state index is -0.204. The van der Waals surface area contributed by atoms with Gasteiger partial charge in [-0.15, -0.1) is 11.6 Å². The highest BCUT2D eigenvalue weighted by molar-refractivity contribution is 9.10. The van der Waals surface area contributed by atoms with Gasteiger partial charge < -0.3 is 5.32 Å². The summed E-state index contributed by atoms with van der Waals surface area (Å²) in [5, 5.41) is 3.14. The summed E-state index contributed by atoms with van der Waals surface area (Å²) in [6, 6.07) is 3.72. The van der Waals surface area contributed by atoms with Crippen LogP contribution >= 0.6 is 27.5 Å². The first-order valence-corrected chi connectivity index (χ1v) is 5.86. The Bertz CT molecular complexity index is 354. The normalized spacial score (nSPS) is 16.2. The minimum Gasteiger partial charge on any atom is -0.384 e. The molecule has 1 heterocycles. The quantitative estimate of drug-likeness (QED) is 0.819. The summed E-state index contributed by atoms with van der Waals surface area (Å²) in [5.74, 6) is -0.0994. The lowest BCUT2D eigenvalue weighted by molar-refractivity contribution is 0.600. The number of alkyl halides is 2. The van der Waals surface area contributed by atoms with Gasteiger partial charge in [0.05, 0.1) is 4.29 Å². The second kappa shape index (κ2) is 4.07. The Morgan fingerprint density at radius 1 is 1.57 bits per heavy atom. The fraction of sp³-hybridized carbons (Fsp3) is 0.400. The predicted molar refractivity (Wildman–Crippen MR) is 60.9 cm³/mol. The smallest absolute Gasteiger partial charge is 0.131 e. The molecule has 0 amide bonds. The second-order valence-electron chi connectivity index (χ2n) is 3.34. The Balaban J connectivity index is 2.35. The molecule has 0 radical (unpaired) electrons. The van der Waals surface area contributed by atoms with Crippen molar-refractivity contribution in [3.05, 3.63) is 29.1 Å². The van der Waals surface area contributed by atoms with E-state index in [1.54, 1.807) is 6.07 Å². The number of rotatable bonds is 2. The number of halogens is 3. The molecule has 2 rings (SSSR count). The second-order valence-corrected chi connectivity index (χ2v) is 5.50. The monoisotopic (exact) mass is 277 g/mol. The van der Waals surface area contributed by atoms with Gasteiger partial charge in [0.25, 0.3) is 0 Å². The van der Waals surface area contributed by atoms with Crippen molar-refractivity contribution in [3.8, 4) is 0 Å². The maximum absolute atomic E-state index is 13.8.